The minimum Gasteiger partial charge on any atom is -0.481 e. The summed E-state index contributed by atoms with van der Waals surface area (Å²) in [5.41, 5.74) is 0.676. The van der Waals surface area contributed by atoms with Crippen LogP contribution in [-0.2, 0) is 6.54 Å². The van der Waals surface area contributed by atoms with Gasteiger partial charge in [-0.05, 0) is 12.1 Å². The lowest BCUT2D eigenvalue weighted by atomic mass is 10.1. The maximum Gasteiger partial charge on any atom is 0.229 e. The van der Waals surface area contributed by atoms with Crippen LogP contribution in [-0.4, -0.2) is 24.2 Å². The number of nitriles is 1. The Labute approximate surface area is 121 Å². The molecule has 0 fully saturated rings. The zero-order chi connectivity index (χ0) is 15.2. The summed E-state index contributed by atoms with van der Waals surface area (Å²) in [7, 11) is 2.96. The van der Waals surface area contributed by atoms with Crippen LogP contribution >= 0.6 is 0 Å². The fourth-order valence-electron chi connectivity index (χ4n) is 1.63. The fraction of sp³-hybridized carbons (Fsp3) is 0.214. The number of anilines is 1. The summed E-state index contributed by atoms with van der Waals surface area (Å²) in [6.45, 7) is 0.174. The van der Waals surface area contributed by atoms with Gasteiger partial charge in [0, 0.05) is 12.1 Å². The van der Waals surface area contributed by atoms with Crippen LogP contribution in [0.5, 0.6) is 11.8 Å². The van der Waals surface area contributed by atoms with E-state index in [9.17, 15) is 4.39 Å². The smallest absolute Gasteiger partial charge is 0.229 e. The normalized spacial score (nSPS) is 9.81. The van der Waals surface area contributed by atoms with E-state index in [1.54, 1.807) is 6.07 Å². The zero-order valence-corrected chi connectivity index (χ0v) is 11.6. The number of hydrogen-bond acceptors (Lipinski definition) is 6. The molecule has 108 valence electrons. The highest BCUT2D eigenvalue weighted by atomic mass is 19.1. The third kappa shape index (κ3) is 3.57. The van der Waals surface area contributed by atoms with Gasteiger partial charge in [-0.15, -0.1) is 0 Å². The molecule has 0 unspecified atom stereocenters. The zero-order valence-electron chi connectivity index (χ0n) is 11.6. The first-order valence-corrected chi connectivity index (χ1v) is 6.05. The lowest BCUT2D eigenvalue weighted by Gasteiger charge is -2.09. The Morgan fingerprint density at radius 2 is 1.86 bits per heavy atom. The predicted molar refractivity (Wildman–Crippen MR) is 73.6 cm³/mol. The number of rotatable bonds is 5. The average Bonchev–Trinajstić information content (AvgIpc) is 2.53. The van der Waals surface area contributed by atoms with Gasteiger partial charge >= 0.3 is 0 Å². The molecule has 0 radical (unpaired) electrons. The largest absolute Gasteiger partial charge is 0.481 e. The van der Waals surface area contributed by atoms with E-state index in [0.29, 0.717) is 17.3 Å². The van der Waals surface area contributed by atoms with Crippen LogP contribution in [0.25, 0.3) is 0 Å². The van der Waals surface area contributed by atoms with Crippen molar-refractivity contribution in [1.29, 1.82) is 5.26 Å². The third-order valence-electron chi connectivity index (χ3n) is 2.72. The Bertz CT molecular complexity index is 663. The van der Waals surface area contributed by atoms with Crippen LogP contribution < -0.4 is 14.8 Å². The summed E-state index contributed by atoms with van der Waals surface area (Å²) in [5.74, 6) is 0.473. The van der Waals surface area contributed by atoms with Gasteiger partial charge < -0.3 is 14.8 Å². The summed E-state index contributed by atoms with van der Waals surface area (Å²) >= 11 is 0. The van der Waals surface area contributed by atoms with Crippen molar-refractivity contribution in [3.8, 4) is 17.8 Å². The third-order valence-corrected chi connectivity index (χ3v) is 2.72. The first-order valence-electron chi connectivity index (χ1n) is 6.05. The number of nitrogens with zero attached hydrogens (tertiary/aromatic N) is 3. The van der Waals surface area contributed by atoms with Crippen molar-refractivity contribution in [3.05, 3.63) is 41.2 Å². The van der Waals surface area contributed by atoms with Crippen molar-refractivity contribution in [1.82, 2.24) is 9.97 Å². The summed E-state index contributed by atoms with van der Waals surface area (Å²) < 4.78 is 23.8. The predicted octanol–water partition coefficient (Wildman–Crippen LogP) is 2.12. The standard InChI is InChI=1S/C14H13FN4O2/c1-20-12-6-13(21-2)19-14(18-12)17-8-10-4-3-9(7-16)5-11(10)15/h3-6H,8H2,1-2H3,(H,17,18,19). The Hall–Kier alpha value is -2.88. The Morgan fingerprint density at radius 1 is 1.19 bits per heavy atom. The molecule has 0 amide bonds. The Kier molecular flexibility index (Phi) is 4.51. The van der Waals surface area contributed by atoms with Gasteiger partial charge in [0.25, 0.3) is 0 Å². The molecule has 2 aromatic rings. The number of halogens is 1. The first-order chi connectivity index (χ1) is 10.2. The highest BCUT2D eigenvalue weighted by Crippen LogP contribution is 2.18. The maximum absolute atomic E-state index is 13.7. The molecule has 6 nitrogen and oxygen atoms in total. The number of hydrogen-bond donors (Lipinski definition) is 1. The van der Waals surface area contributed by atoms with Crippen LogP contribution in [0.2, 0.25) is 0 Å². The SMILES string of the molecule is COc1cc(OC)nc(NCc2ccc(C#N)cc2F)n1. The van der Waals surface area contributed by atoms with E-state index < -0.39 is 5.82 Å². The molecule has 0 spiro atoms. The molecule has 0 saturated carbocycles. The molecule has 0 bridgehead atoms. The van der Waals surface area contributed by atoms with E-state index in [1.165, 1.54) is 32.4 Å². The van der Waals surface area contributed by atoms with Crippen molar-refractivity contribution < 1.29 is 13.9 Å². The summed E-state index contributed by atoms with van der Waals surface area (Å²) in [4.78, 5) is 8.16. The summed E-state index contributed by atoms with van der Waals surface area (Å²) in [6, 6.07) is 7.69. The molecule has 1 aromatic heterocycles. The van der Waals surface area contributed by atoms with Gasteiger partial charge in [-0.2, -0.15) is 15.2 Å². The van der Waals surface area contributed by atoms with E-state index >= 15 is 0 Å². The van der Waals surface area contributed by atoms with Crippen LogP contribution in [0.3, 0.4) is 0 Å². The van der Waals surface area contributed by atoms with Gasteiger partial charge in [0.1, 0.15) is 5.82 Å². The van der Waals surface area contributed by atoms with E-state index in [1.807, 2.05) is 6.07 Å². The van der Waals surface area contributed by atoms with Crippen molar-refractivity contribution in [2.45, 2.75) is 6.54 Å². The second-order valence-corrected chi connectivity index (χ2v) is 4.05. The maximum atomic E-state index is 13.7. The first kappa shape index (κ1) is 14.5. The van der Waals surface area contributed by atoms with Gasteiger partial charge in [0.15, 0.2) is 0 Å². The van der Waals surface area contributed by atoms with Gasteiger partial charge in [-0.25, -0.2) is 4.39 Å². The molecule has 0 saturated heterocycles. The number of aromatic nitrogens is 2. The Balaban J connectivity index is 2.14. The van der Waals surface area contributed by atoms with E-state index in [4.69, 9.17) is 14.7 Å². The van der Waals surface area contributed by atoms with Crippen LogP contribution in [0.15, 0.2) is 24.3 Å². The van der Waals surface area contributed by atoms with Crippen molar-refractivity contribution in [2.75, 3.05) is 19.5 Å². The topological polar surface area (TPSA) is 80.1 Å². The second kappa shape index (κ2) is 6.52. The summed E-state index contributed by atoms with van der Waals surface area (Å²) in [5, 5.41) is 11.6. The van der Waals surface area contributed by atoms with E-state index in [-0.39, 0.29) is 18.1 Å². The van der Waals surface area contributed by atoms with Crippen LogP contribution in [0.4, 0.5) is 10.3 Å². The molecule has 2 rings (SSSR count). The number of methoxy groups -OCH3 is 2. The number of nitrogens with one attached hydrogen (secondary N) is 1. The molecule has 1 heterocycles. The second-order valence-electron chi connectivity index (χ2n) is 4.05. The van der Waals surface area contributed by atoms with Crippen molar-refractivity contribution in [3.63, 3.8) is 0 Å². The van der Waals surface area contributed by atoms with E-state index in [2.05, 4.69) is 15.3 Å². The minimum absolute atomic E-state index is 0.174. The van der Waals surface area contributed by atoms with Crippen LogP contribution in [0, 0.1) is 17.1 Å². The molecule has 7 heteroatoms. The van der Waals surface area contributed by atoms with Gasteiger partial charge in [-0.1, -0.05) is 6.07 Å². The fourth-order valence-corrected chi connectivity index (χ4v) is 1.63. The molecule has 0 aliphatic heterocycles. The minimum atomic E-state index is -0.462. The van der Waals surface area contributed by atoms with Gasteiger partial charge in [0.05, 0.1) is 31.9 Å². The van der Waals surface area contributed by atoms with Crippen molar-refractivity contribution >= 4 is 5.95 Å². The molecule has 1 aromatic carbocycles. The number of ether oxygens (including phenoxy) is 2. The molecule has 1 N–H and O–H groups in total. The van der Waals surface area contributed by atoms with E-state index in [0.717, 1.165) is 0 Å². The monoisotopic (exact) mass is 288 g/mol. The quantitative estimate of drug-likeness (QED) is 0.907. The number of benzene rings is 1. The molecule has 21 heavy (non-hydrogen) atoms. The van der Waals surface area contributed by atoms with Gasteiger partial charge in [-0.3, -0.25) is 0 Å². The van der Waals surface area contributed by atoms with Crippen molar-refractivity contribution in [2.24, 2.45) is 0 Å². The molecule has 0 atom stereocenters. The lowest BCUT2D eigenvalue weighted by Crippen LogP contribution is -2.07. The Morgan fingerprint density at radius 3 is 2.38 bits per heavy atom. The molecule has 0 aliphatic carbocycles. The molecular weight excluding hydrogens is 275 g/mol. The van der Waals surface area contributed by atoms with Crippen LogP contribution in [0.1, 0.15) is 11.1 Å². The average molecular weight is 288 g/mol. The summed E-state index contributed by atoms with van der Waals surface area (Å²) in [6.07, 6.45) is 0. The molecular formula is C14H13FN4O2. The lowest BCUT2D eigenvalue weighted by molar-refractivity contribution is 0.373. The molecule has 0 aliphatic rings. The van der Waals surface area contributed by atoms with Gasteiger partial charge in [0.2, 0.25) is 17.7 Å². The highest BCUT2D eigenvalue weighted by Gasteiger charge is 2.07. The highest BCUT2D eigenvalue weighted by molar-refractivity contribution is 5.37.